The van der Waals surface area contributed by atoms with E-state index in [1.165, 1.54) is 11.1 Å². The molecule has 162 valence electrons. The number of primary amides is 1. The summed E-state index contributed by atoms with van der Waals surface area (Å²) in [5, 5.41) is 0. The number of hydrogen-bond donors (Lipinski definition) is 1. The first-order chi connectivity index (χ1) is 14.8. The summed E-state index contributed by atoms with van der Waals surface area (Å²) in [6.07, 6.45) is 8.86. The van der Waals surface area contributed by atoms with Crippen LogP contribution in [0.1, 0.15) is 49.1 Å². The third-order valence-electron chi connectivity index (χ3n) is 5.57. The first-order valence-electron chi connectivity index (χ1n) is 10.8. The second-order valence-electron chi connectivity index (χ2n) is 8.93. The topological polar surface area (TPSA) is 72.1 Å². The molecule has 3 aromatic rings. The number of benzene rings is 1. The summed E-state index contributed by atoms with van der Waals surface area (Å²) >= 11 is 0. The Morgan fingerprint density at radius 2 is 1.55 bits per heavy atom. The normalized spacial score (nSPS) is 12.6. The third kappa shape index (κ3) is 6.46. The number of rotatable bonds is 9. The first kappa shape index (κ1) is 22.6. The van der Waals surface area contributed by atoms with Crippen LogP contribution in [0.3, 0.4) is 0 Å². The number of pyridine rings is 2. The van der Waals surface area contributed by atoms with Gasteiger partial charge in [-0.05, 0) is 58.7 Å². The molecule has 1 atom stereocenters. The summed E-state index contributed by atoms with van der Waals surface area (Å²) in [4.78, 5) is 23.1. The Hall–Kier alpha value is -3.05. The maximum Gasteiger partial charge on any atom is 0.239 e. The summed E-state index contributed by atoms with van der Waals surface area (Å²) in [6, 6.07) is 15.8. The molecule has 0 fully saturated rings. The Morgan fingerprint density at radius 3 is 2.10 bits per heavy atom. The predicted octanol–water partition coefficient (Wildman–Crippen LogP) is 4.09. The molecule has 0 aliphatic heterocycles. The number of amides is 1. The van der Waals surface area contributed by atoms with Crippen molar-refractivity contribution in [3.05, 3.63) is 95.6 Å². The lowest BCUT2D eigenvalue weighted by Gasteiger charge is -2.30. The van der Waals surface area contributed by atoms with E-state index in [0.29, 0.717) is 6.54 Å². The number of hydrogen-bond acceptors (Lipinski definition) is 4. The molecule has 3 rings (SSSR count). The van der Waals surface area contributed by atoms with Gasteiger partial charge in [-0.25, -0.2) is 0 Å². The molecule has 2 heterocycles. The van der Waals surface area contributed by atoms with Crippen molar-refractivity contribution in [1.29, 1.82) is 0 Å². The van der Waals surface area contributed by atoms with E-state index in [9.17, 15) is 4.79 Å². The van der Waals surface area contributed by atoms with E-state index in [0.717, 1.165) is 30.5 Å². The maximum atomic E-state index is 12.6. The third-order valence-corrected chi connectivity index (χ3v) is 5.57. The lowest BCUT2D eigenvalue weighted by Crippen LogP contribution is -2.40. The fourth-order valence-electron chi connectivity index (χ4n) is 3.73. The van der Waals surface area contributed by atoms with Gasteiger partial charge in [-0.1, -0.05) is 51.1 Å². The lowest BCUT2D eigenvalue weighted by atomic mass is 9.86. The molecule has 0 radical (unpaired) electrons. The standard InChI is InChI=1S/C26H32N4O/c1-26(2,3)23-8-6-22(7-9-23)24(25(27)31)30(17-12-20-10-15-28-16-11-20)18-13-21-5-4-14-29-19-21/h4-11,14-16,19,24H,12-13,17-18H2,1-3H3,(H2,27,31). The zero-order valence-corrected chi connectivity index (χ0v) is 18.7. The Bertz CT molecular complexity index is 907. The molecule has 5 heteroatoms. The molecular weight excluding hydrogens is 384 g/mol. The van der Waals surface area contributed by atoms with E-state index in [-0.39, 0.29) is 11.3 Å². The molecule has 2 N–H and O–H groups in total. The highest BCUT2D eigenvalue weighted by atomic mass is 16.1. The largest absolute Gasteiger partial charge is 0.368 e. The molecule has 0 bridgehead atoms. The first-order valence-corrected chi connectivity index (χ1v) is 10.8. The van der Waals surface area contributed by atoms with Crippen LogP contribution in [-0.4, -0.2) is 33.9 Å². The Morgan fingerprint density at radius 1 is 0.903 bits per heavy atom. The predicted molar refractivity (Wildman–Crippen MR) is 125 cm³/mol. The van der Waals surface area contributed by atoms with Crippen LogP contribution in [0, 0.1) is 0 Å². The van der Waals surface area contributed by atoms with Crippen LogP contribution in [0.25, 0.3) is 0 Å². The molecule has 0 aliphatic carbocycles. The van der Waals surface area contributed by atoms with Crippen LogP contribution in [0.4, 0.5) is 0 Å². The number of nitrogens with zero attached hydrogens (tertiary/aromatic N) is 3. The van der Waals surface area contributed by atoms with Crippen molar-refractivity contribution in [2.24, 2.45) is 5.73 Å². The summed E-state index contributed by atoms with van der Waals surface area (Å²) in [5.41, 5.74) is 10.5. The van der Waals surface area contributed by atoms with E-state index in [4.69, 9.17) is 5.73 Å². The van der Waals surface area contributed by atoms with E-state index in [1.54, 1.807) is 18.6 Å². The molecule has 0 saturated heterocycles. The SMILES string of the molecule is CC(C)(C)c1ccc(C(C(N)=O)N(CCc2ccncc2)CCc2cccnc2)cc1. The number of carbonyl (C=O) groups is 1. The molecule has 0 aliphatic rings. The van der Waals surface area contributed by atoms with Gasteiger partial charge in [0.25, 0.3) is 0 Å². The van der Waals surface area contributed by atoms with Crippen molar-refractivity contribution in [3.63, 3.8) is 0 Å². The van der Waals surface area contributed by atoms with E-state index >= 15 is 0 Å². The van der Waals surface area contributed by atoms with Crippen LogP contribution >= 0.6 is 0 Å². The molecule has 0 saturated carbocycles. The summed E-state index contributed by atoms with van der Waals surface area (Å²) in [5.74, 6) is -0.329. The Labute approximate surface area is 185 Å². The minimum Gasteiger partial charge on any atom is -0.368 e. The van der Waals surface area contributed by atoms with E-state index < -0.39 is 6.04 Å². The summed E-state index contributed by atoms with van der Waals surface area (Å²) < 4.78 is 0. The fraction of sp³-hybridized carbons (Fsp3) is 0.346. The zero-order valence-electron chi connectivity index (χ0n) is 18.7. The monoisotopic (exact) mass is 416 g/mol. The molecule has 1 amide bonds. The van der Waals surface area contributed by atoms with Gasteiger partial charge < -0.3 is 5.73 Å². The summed E-state index contributed by atoms with van der Waals surface area (Å²) in [6.45, 7) is 7.98. The van der Waals surface area contributed by atoms with Crippen LogP contribution < -0.4 is 5.73 Å². The van der Waals surface area contributed by atoms with Crippen molar-refractivity contribution in [3.8, 4) is 0 Å². The molecule has 5 nitrogen and oxygen atoms in total. The van der Waals surface area contributed by atoms with Gasteiger partial charge in [0.1, 0.15) is 6.04 Å². The molecule has 0 spiro atoms. The van der Waals surface area contributed by atoms with Crippen LogP contribution in [0.2, 0.25) is 0 Å². The second-order valence-corrected chi connectivity index (χ2v) is 8.93. The van der Waals surface area contributed by atoms with Crippen molar-refractivity contribution >= 4 is 5.91 Å². The van der Waals surface area contributed by atoms with E-state index in [1.807, 2.05) is 36.5 Å². The van der Waals surface area contributed by atoms with Gasteiger partial charge in [-0.2, -0.15) is 0 Å². The van der Waals surface area contributed by atoms with Gasteiger partial charge >= 0.3 is 0 Å². The van der Waals surface area contributed by atoms with Gasteiger partial charge in [0, 0.05) is 37.9 Å². The van der Waals surface area contributed by atoms with Crippen LogP contribution in [-0.2, 0) is 23.1 Å². The minimum atomic E-state index is -0.479. The highest BCUT2D eigenvalue weighted by molar-refractivity contribution is 5.81. The Kier molecular flexibility index (Phi) is 7.53. The van der Waals surface area contributed by atoms with Gasteiger partial charge in [-0.3, -0.25) is 19.7 Å². The molecule has 2 aromatic heterocycles. The maximum absolute atomic E-state index is 12.6. The van der Waals surface area contributed by atoms with Gasteiger partial charge in [0.15, 0.2) is 0 Å². The molecule has 31 heavy (non-hydrogen) atoms. The van der Waals surface area contributed by atoms with E-state index in [2.05, 4.69) is 53.8 Å². The quantitative estimate of drug-likeness (QED) is 0.570. The average Bonchev–Trinajstić information content (AvgIpc) is 2.76. The minimum absolute atomic E-state index is 0.0576. The van der Waals surface area contributed by atoms with Gasteiger partial charge in [-0.15, -0.1) is 0 Å². The van der Waals surface area contributed by atoms with Crippen LogP contribution in [0.5, 0.6) is 0 Å². The van der Waals surface area contributed by atoms with Crippen molar-refractivity contribution < 1.29 is 4.79 Å². The lowest BCUT2D eigenvalue weighted by molar-refractivity contribution is -0.123. The highest BCUT2D eigenvalue weighted by Gasteiger charge is 2.26. The summed E-state index contributed by atoms with van der Waals surface area (Å²) in [7, 11) is 0. The van der Waals surface area contributed by atoms with Crippen molar-refractivity contribution in [2.45, 2.75) is 45.1 Å². The number of nitrogens with two attached hydrogens (primary N) is 1. The fourth-order valence-corrected chi connectivity index (χ4v) is 3.73. The smallest absolute Gasteiger partial charge is 0.239 e. The average molecular weight is 417 g/mol. The van der Waals surface area contributed by atoms with Gasteiger partial charge in [0.2, 0.25) is 5.91 Å². The highest BCUT2D eigenvalue weighted by Crippen LogP contribution is 2.27. The van der Waals surface area contributed by atoms with Crippen molar-refractivity contribution in [1.82, 2.24) is 14.9 Å². The van der Waals surface area contributed by atoms with Crippen LogP contribution in [0.15, 0.2) is 73.3 Å². The molecule has 1 aromatic carbocycles. The zero-order chi connectivity index (χ0) is 22.3. The number of aromatic nitrogens is 2. The second kappa shape index (κ2) is 10.3. The van der Waals surface area contributed by atoms with Gasteiger partial charge in [0.05, 0.1) is 0 Å². The molecular formula is C26H32N4O. The molecule has 1 unspecified atom stereocenters. The Balaban J connectivity index is 1.84. The van der Waals surface area contributed by atoms with Crippen molar-refractivity contribution in [2.75, 3.05) is 13.1 Å². The number of carbonyl (C=O) groups excluding carboxylic acids is 1.